The van der Waals surface area contributed by atoms with E-state index in [0.29, 0.717) is 58.3 Å². The second-order valence-corrected chi connectivity index (χ2v) is 12.8. The van der Waals surface area contributed by atoms with Gasteiger partial charge in [0, 0.05) is 25.0 Å². The van der Waals surface area contributed by atoms with E-state index in [1.807, 2.05) is 6.07 Å². The summed E-state index contributed by atoms with van der Waals surface area (Å²) in [5, 5.41) is 27.9. The van der Waals surface area contributed by atoms with Gasteiger partial charge in [0.05, 0.1) is 19.3 Å². The molecular formula is C28H37N7O6. The Morgan fingerprint density at radius 1 is 1.05 bits per heavy atom. The molecule has 0 radical (unpaired) electrons. The normalized spacial score (nSPS) is 30.2. The van der Waals surface area contributed by atoms with E-state index in [4.69, 9.17) is 15.9 Å². The van der Waals surface area contributed by atoms with Crippen molar-refractivity contribution in [3.8, 4) is 11.9 Å². The number of aromatic nitrogens is 2. The zero-order valence-corrected chi connectivity index (χ0v) is 23.1. The third-order valence-corrected chi connectivity index (χ3v) is 10.2. The highest BCUT2D eigenvalue weighted by molar-refractivity contribution is 6.08. The zero-order valence-electron chi connectivity index (χ0n) is 23.1. The molecule has 4 N–H and O–H groups in total. The highest BCUT2D eigenvalue weighted by atomic mass is 16.5. The fraction of sp³-hybridized carbons (Fsp3) is 0.714. The van der Waals surface area contributed by atoms with Gasteiger partial charge < -0.3 is 20.5 Å². The molecule has 0 atom stereocenters. The van der Waals surface area contributed by atoms with Crippen LogP contribution in [0.15, 0.2) is 9.59 Å². The molecule has 0 aromatic carbocycles. The van der Waals surface area contributed by atoms with Crippen molar-refractivity contribution in [2.75, 3.05) is 26.3 Å². The number of amides is 3. The first-order valence-electron chi connectivity index (χ1n) is 14.6. The summed E-state index contributed by atoms with van der Waals surface area (Å²) in [5.41, 5.74) is 2.87. The second kappa shape index (κ2) is 10.0. The Labute approximate surface area is 237 Å². The van der Waals surface area contributed by atoms with Crippen LogP contribution in [0.1, 0.15) is 75.8 Å². The van der Waals surface area contributed by atoms with Gasteiger partial charge in [0.1, 0.15) is 23.5 Å². The number of nitrogen functional groups attached to an aromatic ring is 1. The molecule has 3 heterocycles. The third-order valence-electron chi connectivity index (χ3n) is 10.2. The van der Waals surface area contributed by atoms with Crippen LogP contribution in [0.25, 0.3) is 0 Å². The van der Waals surface area contributed by atoms with Gasteiger partial charge in [-0.05, 0) is 62.7 Å². The van der Waals surface area contributed by atoms with Crippen LogP contribution >= 0.6 is 0 Å². The summed E-state index contributed by atoms with van der Waals surface area (Å²) >= 11 is 0. The van der Waals surface area contributed by atoms with Gasteiger partial charge in [0.2, 0.25) is 5.88 Å². The Hall–Kier alpha value is -3.66. The Kier molecular flexibility index (Phi) is 6.71. The Bertz CT molecular complexity index is 1430. The minimum Gasteiger partial charge on any atom is -0.494 e. The van der Waals surface area contributed by atoms with Crippen molar-refractivity contribution in [2.24, 2.45) is 23.0 Å². The number of urea groups is 1. The van der Waals surface area contributed by atoms with Gasteiger partial charge in [0.25, 0.3) is 11.5 Å². The first kappa shape index (κ1) is 27.5. The van der Waals surface area contributed by atoms with Gasteiger partial charge in [-0.15, -0.1) is 0 Å². The van der Waals surface area contributed by atoms with Crippen LogP contribution in [0.3, 0.4) is 0 Å². The number of hydrogen-bond donors (Lipinski definition) is 3. The van der Waals surface area contributed by atoms with Crippen molar-refractivity contribution in [3.63, 3.8) is 0 Å². The number of nitrogens with two attached hydrogens (primary N) is 1. The summed E-state index contributed by atoms with van der Waals surface area (Å²) in [7, 11) is 0. The number of nitriles is 1. The lowest BCUT2D eigenvalue weighted by molar-refractivity contribution is -0.152. The van der Waals surface area contributed by atoms with Crippen LogP contribution in [0, 0.1) is 34.0 Å². The molecule has 2 aliphatic heterocycles. The van der Waals surface area contributed by atoms with Gasteiger partial charge in [-0.3, -0.25) is 24.1 Å². The van der Waals surface area contributed by atoms with Crippen molar-refractivity contribution in [2.45, 2.75) is 82.3 Å². The Balaban J connectivity index is 1.23. The molecular weight excluding hydrogens is 530 g/mol. The van der Waals surface area contributed by atoms with Crippen molar-refractivity contribution in [3.05, 3.63) is 26.4 Å². The molecule has 5 aliphatic rings. The van der Waals surface area contributed by atoms with Crippen molar-refractivity contribution in [1.82, 2.24) is 18.9 Å². The Morgan fingerprint density at radius 3 is 2.27 bits per heavy atom. The molecule has 1 aromatic heterocycles. The highest BCUT2D eigenvalue weighted by Crippen LogP contribution is 2.62. The summed E-state index contributed by atoms with van der Waals surface area (Å²) in [4.78, 5) is 56.3. The topological polar surface area (TPSA) is 188 Å². The number of ether oxygens (including phenoxy) is 1. The number of carbonyl (C=O) groups is 2. The summed E-state index contributed by atoms with van der Waals surface area (Å²) in [6.07, 6.45) is 7.30. The molecule has 2 saturated heterocycles. The molecule has 0 unspecified atom stereocenters. The van der Waals surface area contributed by atoms with E-state index in [9.17, 15) is 29.5 Å². The minimum atomic E-state index is -0.957. The number of imide groups is 1. The van der Waals surface area contributed by atoms with Crippen LogP contribution < -0.4 is 17.0 Å². The third kappa shape index (κ3) is 4.26. The van der Waals surface area contributed by atoms with E-state index >= 15 is 0 Å². The standard InChI is InChI=1S/C28H37N7O6/c29-9-10-32-24(38)28(34(25(32)39)12-18-13-41-14-18)15-27(16-28)7-5-19(6-8-27)35-23(37)20(21(30)31)22(36)33(26(35)40)11-17-3-1-2-4-17/h17-19,36H,1-8,10-16H2,(H3,30,31). The summed E-state index contributed by atoms with van der Waals surface area (Å²) in [6.45, 7) is 1.51. The average molecular weight is 568 g/mol. The van der Waals surface area contributed by atoms with Crippen molar-refractivity contribution in [1.29, 1.82) is 10.7 Å². The molecule has 6 rings (SSSR count). The van der Waals surface area contributed by atoms with Crippen LogP contribution in [0.5, 0.6) is 5.88 Å². The smallest absolute Gasteiger partial charge is 0.334 e. The highest BCUT2D eigenvalue weighted by Gasteiger charge is 2.68. The van der Waals surface area contributed by atoms with E-state index in [1.54, 1.807) is 4.90 Å². The summed E-state index contributed by atoms with van der Waals surface area (Å²) < 4.78 is 7.67. The average Bonchev–Trinajstić information content (AvgIpc) is 3.47. The minimum absolute atomic E-state index is 0.168. The number of hydrogen-bond acceptors (Lipinski definition) is 8. The SMILES string of the molecule is N#CCN1C(=O)N(CC2COC2)C2(CC3(CCC(n4c(=O)c(C(=N)N)c(O)n(CC5CCCC5)c4=O)CC3)C2)C1=O. The number of nitrogens with zero attached hydrogens (tertiary/aromatic N) is 5. The van der Waals surface area contributed by atoms with Crippen LogP contribution in [0.4, 0.5) is 4.79 Å². The van der Waals surface area contributed by atoms with Crippen LogP contribution in [0.2, 0.25) is 0 Å². The molecule has 0 bridgehead atoms. The van der Waals surface area contributed by atoms with Crippen molar-refractivity contribution >= 4 is 17.8 Å². The maximum atomic E-state index is 13.6. The first-order chi connectivity index (χ1) is 19.6. The Morgan fingerprint density at radius 2 is 1.71 bits per heavy atom. The van der Waals surface area contributed by atoms with E-state index in [0.717, 1.165) is 30.6 Å². The molecule has 3 aliphatic carbocycles. The van der Waals surface area contributed by atoms with E-state index in [1.165, 1.54) is 9.13 Å². The molecule has 1 aromatic rings. The zero-order chi connectivity index (χ0) is 29.1. The van der Waals surface area contributed by atoms with Gasteiger partial charge in [0.15, 0.2) is 0 Å². The lowest BCUT2D eigenvalue weighted by atomic mass is 9.51. The first-order valence-corrected chi connectivity index (χ1v) is 14.6. The number of nitrogens with one attached hydrogen (secondary N) is 1. The predicted octanol–water partition coefficient (Wildman–Crippen LogP) is 1.26. The molecule has 2 spiro atoms. The van der Waals surface area contributed by atoms with Gasteiger partial charge in [-0.1, -0.05) is 12.8 Å². The number of carbonyl (C=O) groups excluding carboxylic acids is 2. The molecule has 5 fully saturated rings. The van der Waals surface area contributed by atoms with Crippen LogP contribution in [-0.2, 0) is 16.1 Å². The maximum Gasteiger partial charge on any atom is 0.334 e. The van der Waals surface area contributed by atoms with E-state index < -0.39 is 40.6 Å². The summed E-state index contributed by atoms with van der Waals surface area (Å²) in [5.74, 6) is -1.04. The van der Waals surface area contributed by atoms with E-state index in [2.05, 4.69) is 0 Å². The molecule has 3 amide bonds. The monoisotopic (exact) mass is 567 g/mol. The maximum absolute atomic E-state index is 13.6. The van der Waals surface area contributed by atoms with Gasteiger partial charge in [-0.25, -0.2) is 14.5 Å². The van der Waals surface area contributed by atoms with Crippen molar-refractivity contribution < 1.29 is 19.4 Å². The summed E-state index contributed by atoms with van der Waals surface area (Å²) in [6, 6.07) is 1.09. The molecule has 3 saturated carbocycles. The number of amidine groups is 1. The number of rotatable bonds is 7. The van der Waals surface area contributed by atoms with E-state index in [-0.39, 0.29) is 41.8 Å². The fourth-order valence-electron chi connectivity index (χ4n) is 8.08. The molecule has 41 heavy (non-hydrogen) atoms. The van der Waals surface area contributed by atoms with Gasteiger partial charge in [-0.2, -0.15) is 5.26 Å². The quantitative estimate of drug-likeness (QED) is 0.190. The lowest BCUT2D eigenvalue weighted by Gasteiger charge is -2.58. The fourth-order valence-corrected chi connectivity index (χ4v) is 8.08. The van der Waals surface area contributed by atoms with Crippen LogP contribution in [-0.4, -0.2) is 73.7 Å². The second-order valence-electron chi connectivity index (χ2n) is 12.8. The molecule has 13 nitrogen and oxygen atoms in total. The lowest BCUT2D eigenvalue weighted by Crippen LogP contribution is -2.65. The largest absolute Gasteiger partial charge is 0.494 e. The van der Waals surface area contributed by atoms with Gasteiger partial charge >= 0.3 is 11.7 Å². The number of aromatic hydroxyl groups is 1. The predicted molar refractivity (Wildman–Crippen MR) is 145 cm³/mol. The molecule has 220 valence electrons. The molecule has 13 heteroatoms.